The Kier molecular flexibility index (Phi) is 5.96. The maximum atomic E-state index is 10.9. The molecule has 0 radical (unpaired) electrons. The van der Waals surface area contributed by atoms with Crippen molar-refractivity contribution in [2.45, 2.75) is 39.3 Å². The number of aromatic nitrogens is 2. The first kappa shape index (κ1) is 16.1. The fraction of sp³-hybridized carbons (Fsp3) is 0.750. The summed E-state index contributed by atoms with van der Waals surface area (Å²) in [5.41, 5.74) is 1.15. The summed E-state index contributed by atoms with van der Waals surface area (Å²) in [6, 6.07) is 0.536. The zero-order valence-corrected chi connectivity index (χ0v) is 12.9. The molecule has 1 heterocycles. The molecule has 7 heteroatoms. The number of sulfonamides is 1. The van der Waals surface area contributed by atoms with Crippen LogP contribution in [0.3, 0.4) is 0 Å². The highest BCUT2D eigenvalue weighted by atomic mass is 32.2. The van der Waals surface area contributed by atoms with Crippen LogP contribution >= 0.6 is 0 Å². The van der Waals surface area contributed by atoms with E-state index in [1.807, 2.05) is 24.0 Å². The molecule has 0 aliphatic carbocycles. The summed E-state index contributed by atoms with van der Waals surface area (Å²) in [4.78, 5) is 0. The first-order valence-corrected chi connectivity index (χ1v) is 8.37. The van der Waals surface area contributed by atoms with E-state index in [4.69, 9.17) is 0 Å². The molecule has 1 rings (SSSR count). The zero-order chi connectivity index (χ0) is 14.5. The van der Waals surface area contributed by atoms with Crippen LogP contribution < -0.4 is 10.0 Å². The highest BCUT2D eigenvalue weighted by molar-refractivity contribution is 7.88. The second kappa shape index (κ2) is 7.02. The topological polar surface area (TPSA) is 76.0 Å². The average molecular weight is 288 g/mol. The molecular formula is C12H24N4O2S. The Morgan fingerprint density at radius 1 is 1.37 bits per heavy atom. The monoisotopic (exact) mass is 288 g/mol. The quantitative estimate of drug-likeness (QED) is 0.689. The summed E-state index contributed by atoms with van der Waals surface area (Å²) >= 11 is 0. The molecule has 1 aromatic heterocycles. The van der Waals surface area contributed by atoms with Gasteiger partial charge in [-0.2, -0.15) is 5.10 Å². The van der Waals surface area contributed by atoms with E-state index in [9.17, 15) is 8.42 Å². The van der Waals surface area contributed by atoms with Gasteiger partial charge in [0.1, 0.15) is 0 Å². The largest absolute Gasteiger partial charge is 0.312 e. The van der Waals surface area contributed by atoms with Gasteiger partial charge in [-0.25, -0.2) is 13.1 Å². The second-order valence-corrected chi connectivity index (χ2v) is 6.83. The SMILES string of the molecule is Cc1cnn([C@@H](C)[C@H](C)NCCCNS(C)(=O)=O)c1. The number of nitrogens with zero attached hydrogens (tertiary/aromatic N) is 2. The molecule has 110 valence electrons. The van der Waals surface area contributed by atoms with Crippen molar-refractivity contribution in [1.82, 2.24) is 19.8 Å². The third kappa shape index (κ3) is 6.17. The van der Waals surface area contributed by atoms with Gasteiger partial charge in [0.25, 0.3) is 0 Å². The summed E-state index contributed by atoms with van der Waals surface area (Å²) in [6.07, 6.45) is 5.81. The van der Waals surface area contributed by atoms with E-state index in [1.54, 1.807) is 0 Å². The Balaban J connectivity index is 2.26. The van der Waals surface area contributed by atoms with Crippen LogP contribution in [0.2, 0.25) is 0 Å². The highest BCUT2D eigenvalue weighted by Crippen LogP contribution is 2.10. The third-order valence-corrected chi connectivity index (χ3v) is 3.78. The number of hydrogen-bond acceptors (Lipinski definition) is 4. The number of rotatable bonds is 8. The molecule has 0 amide bonds. The average Bonchev–Trinajstić information content (AvgIpc) is 2.72. The van der Waals surface area contributed by atoms with Crippen molar-refractivity contribution < 1.29 is 8.42 Å². The molecule has 0 unspecified atom stereocenters. The number of nitrogens with one attached hydrogen (secondary N) is 2. The lowest BCUT2D eigenvalue weighted by Gasteiger charge is -2.21. The minimum Gasteiger partial charge on any atom is -0.312 e. The Labute approximate surface area is 115 Å². The molecule has 6 nitrogen and oxygen atoms in total. The van der Waals surface area contributed by atoms with E-state index in [0.717, 1.165) is 18.5 Å². The van der Waals surface area contributed by atoms with Crippen molar-refractivity contribution in [3.63, 3.8) is 0 Å². The van der Waals surface area contributed by atoms with E-state index in [-0.39, 0.29) is 12.1 Å². The summed E-state index contributed by atoms with van der Waals surface area (Å²) in [5.74, 6) is 0. The van der Waals surface area contributed by atoms with Crippen molar-refractivity contribution in [3.05, 3.63) is 18.0 Å². The Morgan fingerprint density at radius 3 is 2.58 bits per heavy atom. The van der Waals surface area contributed by atoms with Crippen LogP contribution in [0.4, 0.5) is 0 Å². The van der Waals surface area contributed by atoms with Crippen LogP contribution in [0.5, 0.6) is 0 Å². The van der Waals surface area contributed by atoms with Gasteiger partial charge in [0, 0.05) is 18.8 Å². The van der Waals surface area contributed by atoms with Crippen LogP contribution in [0, 0.1) is 6.92 Å². The summed E-state index contributed by atoms with van der Waals surface area (Å²) in [5, 5.41) is 7.68. The molecule has 0 bridgehead atoms. The van der Waals surface area contributed by atoms with Gasteiger partial charge >= 0.3 is 0 Å². The fourth-order valence-electron chi connectivity index (χ4n) is 1.73. The molecular weight excluding hydrogens is 264 g/mol. The summed E-state index contributed by atoms with van der Waals surface area (Å²) in [7, 11) is -3.07. The van der Waals surface area contributed by atoms with Crippen LogP contribution in [0.15, 0.2) is 12.4 Å². The summed E-state index contributed by atoms with van der Waals surface area (Å²) in [6.45, 7) is 7.47. The Hall–Kier alpha value is -0.920. The van der Waals surface area contributed by atoms with Crippen molar-refractivity contribution in [1.29, 1.82) is 0 Å². The van der Waals surface area contributed by atoms with E-state index in [0.29, 0.717) is 6.54 Å². The zero-order valence-electron chi connectivity index (χ0n) is 12.0. The molecule has 1 aromatic rings. The highest BCUT2D eigenvalue weighted by Gasteiger charge is 2.13. The van der Waals surface area contributed by atoms with Gasteiger partial charge in [-0.05, 0) is 39.3 Å². The minimum absolute atomic E-state index is 0.261. The lowest BCUT2D eigenvalue weighted by atomic mass is 10.1. The number of aryl methyl sites for hydroxylation is 1. The fourth-order valence-corrected chi connectivity index (χ4v) is 2.25. The molecule has 0 saturated heterocycles. The van der Waals surface area contributed by atoms with E-state index >= 15 is 0 Å². The van der Waals surface area contributed by atoms with Gasteiger partial charge in [-0.15, -0.1) is 0 Å². The van der Waals surface area contributed by atoms with Crippen LogP contribution in [0.1, 0.15) is 31.9 Å². The lowest BCUT2D eigenvalue weighted by molar-refractivity contribution is 0.365. The van der Waals surface area contributed by atoms with E-state index in [2.05, 4.69) is 29.0 Å². The molecule has 2 atom stereocenters. The van der Waals surface area contributed by atoms with E-state index in [1.165, 1.54) is 6.26 Å². The molecule has 0 aromatic carbocycles. The van der Waals surface area contributed by atoms with Gasteiger partial charge < -0.3 is 5.32 Å². The van der Waals surface area contributed by atoms with Gasteiger partial charge in [0.15, 0.2) is 0 Å². The molecule has 0 saturated carbocycles. The normalized spacial score (nSPS) is 15.4. The van der Waals surface area contributed by atoms with Crippen LogP contribution in [0.25, 0.3) is 0 Å². The molecule has 2 N–H and O–H groups in total. The van der Waals surface area contributed by atoms with Gasteiger partial charge in [0.05, 0.1) is 18.5 Å². The van der Waals surface area contributed by atoms with Crippen LogP contribution in [-0.2, 0) is 10.0 Å². The van der Waals surface area contributed by atoms with Crippen LogP contribution in [-0.4, -0.2) is 43.6 Å². The molecule has 0 aliphatic heterocycles. The standard InChI is InChI=1S/C12H24N4O2S/c1-10-8-14-16(9-10)12(3)11(2)13-6-5-7-15-19(4,17)18/h8-9,11-13,15H,5-7H2,1-4H3/t11-,12-/m0/s1. The number of hydrogen-bond donors (Lipinski definition) is 2. The van der Waals surface area contributed by atoms with Crippen molar-refractivity contribution >= 4 is 10.0 Å². The van der Waals surface area contributed by atoms with Gasteiger partial charge in [0.2, 0.25) is 10.0 Å². The summed E-state index contributed by atoms with van der Waals surface area (Å²) < 4.78 is 26.2. The predicted molar refractivity (Wildman–Crippen MR) is 76.6 cm³/mol. The van der Waals surface area contributed by atoms with E-state index < -0.39 is 10.0 Å². The maximum absolute atomic E-state index is 10.9. The van der Waals surface area contributed by atoms with Crippen molar-refractivity contribution in [3.8, 4) is 0 Å². The van der Waals surface area contributed by atoms with Crippen molar-refractivity contribution in [2.24, 2.45) is 0 Å². The van der Waals surface area contributed by atoms with Crippen molar-refractivity contribution in [2.75, 3.05) is 19.3 Å². The predicted octanol–water partition coefficient (Wildman–Crippen LogP) is 0.670. The first-order valence-electron chi connectivity index (χ1n) is 6.48. The maximum Gasteiger partial charge on any atom is 0.208 e. The first-order chi connectivity index (χ1) is 8.79. The lowest BCUT2D eigenvalue weighted by Crippen LogP contribution is -2.36. The molecule has 0 fully saturated rings. The molecule has 19 heavy (non-hydrogen) atoms. The smallest absolute Gasteiger partial charge is 0.208 e. The molecule has 0 spiro atoms. The van der Waals surface area contributed by atoms with Gasteiger partial charge in [-0.3, -0.25) is 4.68 Å². The Morgan fingerprint density at radius 2 is 2.05 bits per heavy atom. The Bertz CT molecular complexity index is 484. The third-order valence-electron chi connectivity index (χ3n) is 3.06. The van der Waals surface area contributed by atoms with Gasteiger partial charge in [-0.1, -0.05) is 0 Å². The minimum atomic E-state index is -3.07. The molecule has 0 aliphatic rings. The second-order valence-electron chi connectivity index (χ2n) is 5.00.